The quantitative estimate of drug-likeness (QED) is 0.116. The van der Waals surface area contributed by atoms with E-state index in [1.807, 2.05) is 72.8 Å². The van der Waals surface area contributed by atoms with Crippen molar-refractivity contribution in [3.63, 3.8) is 0 Å². The predicted molar refractivity (Wildman–Crippen MR) is 197 cm³/mol. The van der Waals surface area contributed by atoms with Gasteiger partial charge in [-0.25, -0.2) is 46.2 Å². The maximum Gasteiger partial charge on any atom is 0.264 e. The first kappa shape index (κ1) is 33.5. The number of rotatable bonds is 11. The molecule has 6 rings (SSSR count). The lowest BCUT2D eigenvalue weighted by atomic mass is 10.1. The molecule has 0 radical (unpaired) electrons. The lowest BCUT2D eigenvalue weighted by Gasteiger charge is -2.12. The van der Waals surface area contributed by atoms with Crippen LogP contribution in [0, 0.1) is 0 Å². The smallest absolute Gasteiger partial charge is 0.264 e. The van der Waals surface area contributed by atoms with Gasteiger partial charge in [0.05, 0.1) is 32.6 Å². The Morgan fingerprint density at radius 3 is 1.18 bits per heavy atom. The van der Waals surface area contributed by atoms with Gasteiger partial charge in [0.2, 0.25) is 11.9 Å². The molecule has 0 atom stereocenters. The summed E-state index contributed by atoms with van der Waals surface area (Å²) >= 11 is 0. The first-order valence-electron chi connectivity index (χ1n) is 15.0. The van der Waals surface area contributed by atoms with Crippen molar-refractivity contribution in [2.24, 2.45) is 0 Å². The predicted octanol–water partition coefficient (Wildman–Crippen LogP) is 6.04. The molecule has 0 fully saturated rings. The number of hydrogen-bond donors (Lipinski definition) is 4. The lowest BCUT2D eigenvalue weighted by Crippen LogP contribution is -2.16. The number of benzene rings is 4. The van der Waals surface area contributed by atoms with Crippen molar-refractivity contribution in [1.29, 1.82) is 0 Å². The fourth-order valence-electron chi connectivity index (χ4n) is 4.60. The zero-order chi connectivity index (χ0) is 35.1. The van der Waals surface area contributed by atoms with Gasteiger partial charge in [-0.2, -0.15) is 0 Å². The van der Waals surface area contributed by atoms with Crippen LogP contribution in [0.5, 0.6) is 0 Å². The molecule has 2 aromatic heterocycles. The van der Waals surface area contributed by atoms with Crippen molar-refractivity contribution in [2.75, 3.05) is 20.9 Å². The molecule has 2 heterocycles. The first-order chi connectivity index (χ1) is 24.0. The van der Waals surface area contributed by atoms with E-state index in [1.165, 1.54) is 48.5 Å². The highest BCUT2D eigenvalue weighted by atomic mass is 32.2. The fourth-order valence-corrected chi connectivity index (χ4v) is 6.49. The van der Waals surface area contributed by atoms with E-state index < -0.39 is 20.0 Å². The van der Waals surface area contributed by atoms with Crippen LogP contribution in [0.4, 0.5) is 23.3 Å². The number of anilines is 4. The summed E-state index contributed by atoms with van der Waals surface area (Å²) in [6, 6.07) is 33.5. The Bertz CT molecular complexity index is 2230. The largest absolute Gasteiger partial charge is 0.399 e. The van der Waals surface area contributed by atoms with Gasteiger partial charge in [-0.3, -0.25) is 0 Å². The van der Waals surface area contributed by atoms with E-state index in [-0.39, 0.29) is 33.1 Å². The van der Waals surface area contributed by atoms with Crippen molar-refractivity contribution in [3.05, 3.63) is 144 Å². The van der Waals surface area contributed by atoms with Crippen LogP contribution in [0.1, 0.15) is 22.5 Å². The summed E-state index contributed by atoms with van der Waals surface area (Å²) in [5, 5.41) is 0. The molecule has 0 unspecified atom stereocenters. The maximum atomic E-state index is 13.3. The van der Waals surface area contributed by atoms with E-state index in [1.54, 1.807) is 24.3 Å². The third kappa shape index (κ3) is 8.55. The Morgan fingerprint density at radius 2 is 0.820 bits per heavy atom. The molecule has 0 spiro atoms. The van der Waals surface area contributed by atoms with Gasteiger partial charge in [0.1, 0.15) is 0 Å². The molecule has 0 saturated heterocycles. The van der Waals surface area contributed by atoms with Gasteiger partial charge in [-0.05, 0) is 83.9 Å². The van der Waals surface area contributed by atoms with Crippen molar-refractivity contribution < 1.29 is 16.8 Å². The molecule has 0 aliphatic heterocycles. The second kappa shape index (κ2) is 14.4. The summed E-state index contributed by atoms with van der Waals surface area (Å²) < 4.78 is 58.2. The molecule has 0 aliphatic carbocycles. The Hall–Kier alpha value is -6.38. The maximum absolute atomic E-state index is 13.3. The molecule has 6 aromatic rings. The number of aromatic nitrogens is 4. The highest BCUT2D eigenvalue weighted by molar-refractivity contribution is 7.93. The molecule has 0 bridgehead atoms. The standard InChI is InChI=1S/C36H30N8O4S2/c37-27-13-19-31(20-14-27)49(45,46)43-35-39-29(17-11-25-7-3-1-4-8-25)23-33(41-35)34-24-30(18-12-26-9-5-2-6-10-26)40-36(42-34)44-50(47,48)32-21-15-28(38)16-22-32/h1-24H,37-38H2,(H,39,41,43)(H,40,42,44). The van der Waals surface area contributed by atoms with Gasteiger partial charge >= 0.3 is 0 Å². The summed E-state index contributed by atoms with van der Waals surface area (Å²) in [5.41, 5.74) is 15.1. The molecule has 0 amide bonds. The van der Waals surface area contributed by atoms with Gasteiger partial charge in [-0.1, -0.05) is 72.8 Å². The average molecular weight is 703 g/mol. The van der Waals surface area contributed by atoms with Gasteiger partial charge in [0, 0.05) is 11.4 Å². The summed E-state index contributed by atoms with van der Waals surface area (Å²) in [6.07, 6.45) is 7.02. The zero-order valence-corrected chi connectivity index (χ0v) is 27.9. The van der Waals surface area contributed by atoms with Gasteiger partial charge in [0.25, 0.3) is 20.0 Å². The molecule has 14 heteroatoms. The Morgan fingerprint density at radius 1 is 0.460 bits per heavy atom. The third-order valence-electron chi connectivity index (χ3n) is 7.08. The molecule has 6 N–H and O–H groups in total. The van der Waals surface area contributed by atoms with Crippen LogP contribution in [-0.2, 0) is 20.0 Å². The van der Waals surface area contributed by atoms with Crippen LogP contribution >= 0.6 is 0 Å². The molecule has 250 valence electrons. The van der Waals surface area contributed by atoms with E-state index >= 15 is 0 Å². The molecular formula is C36H30N8O4S2. The topological polar surface area (TPSA) is 196 Å². The number of hydrogen-bond acceptors (Lipinski definition) is 10. The van der Waals surface area contributed by atoms with Crippen molar-refractivity contribution in [2.45, 2.75) is 9.79 Å². The van der Waals surface area contributed by atoms with Crippen molar-refractivity contribution >= 4 is 67.6 Å². The van der Waals surface area contributed by atoms with Crippen LogP contribution in [0.3, 0.4) is 0 Å². The molecule has 0 saturated carbocycles. The Balaban J connectivity index is 1.45. The highest BCUT2D eigenvalue weighted by Gasteiger charge is 2.20. The van der Waals surface area contributed by atoms with Crippen LogP contribution in [0.15, 0.2) is 131 Å². The van der Waals surface area contributed by atoms with Gasteiger partial charge in [0.15, 0.2) is 0 Å². The summed E-state index contributed by atoms with van der Waals surface area (Å²) in [4.78, 5) is 17.8. The second-order valence-corrected chi connectivity index (χ2v) is 14.2. The van der Waals surface area contributed by atoms with Crippen LogP contribution in [-0.4, -0.2) is 36.8 Å². The molecule has 0 aliphatic rings. The van der Waals surface area contributed by atoms with Crippen LogP contribution in [0.2, 0.25) is 0 Å². The fraction of sp³-hybridized carbons (Fsp3) is 0. The zero-order valence-electron chi connectivity index (χ0n) is 26.2. The average Bonchev–Trinajstić information content (AvgIpc) is 3.10. The molecule has 4 aromatic carbocycles. The van der Waals surface area contributed by atoms with Crippen molar-refractivity contribution in [1.82, 2.24) is 19.9 Å². The third-order valence-corrected chi connectivity index (χ3v) is 9.77. The highest BCUT2D eigenvalue weighted by Crippen LogP contribution is 2.25. The monoisotopic (exact) mass is 702 g/mol. The van der Waals surface area contributed by atoms with Gasteiger partial charge < -0.3 is 11.5 Å². The van der Waals surface area contributed by atoms with E-state index in [9.17, 15) is 16.8 Å². The molecular weight excluding hydrogens is 673 g/mol. The number of sulfonamides is 2. The second-order valence-electron chi connectivity index (χ2n) is 10.8. The van der Waals surface area contributed by atoms with E-state index in [4.69, 9.17) is 11.5 Å². The van der Waals surface area contributed by atoms with Crippen LogP contribution < -0.4 is 20.9 Å². The minimum Gasteiger partial charge on any atom is -0.399 e. The first-order valence-corrected chi connectivity index (χ1v) is 18.0. The number of nitrogens with two attached hydrogens (primary N) is 2. The molecule has 50 heavy (non-hydrogen) atoms. The SMILES string of the molecule is Nc1ccc(S(=O)(=O)Nc2nc(C=Cc3ccccc3)cc(-c3cc(C=Cc4ccccc4)nc(NS(=O)(=O)c4ccc(N)cc4)n3)n2)cc1. The van der Waals surface area contributed by atoms with E-state index in [0.717, 1.165) is 11.1 Å². The Kier molecular flexibility index (Phi) is 9.65. The number of nitrogens with one attached hydrogen (secondary N) is 2. The Labute approximate surface area is 289 Å². The minimum absolute atomic E-state index is 0.0446. The van der Waals surface area contributed by atoms with Gasteiger partial charge in [-0.15, -0.1) is 0 Å². The number of nitrogen functional groups attached to an aromatic ring is 2. The van der Waals surface area contributed by atoms with Crippen LogP contribution in [0.25, 0.3) is 35.7 Å². The summed E-state index contributed by atoms with van der Waals surface area (Å²) in [5.74, 6) is -0.480. The summed E-state index contributed by atoms with van der Waals surface area (Å²) in [6.45, 7) is 0. The number of nitrogens with zero attached hydrogens (tertiary/aromatic N) is 4. The lowest BCUT2D eigenvalue weighted by molar-refractivity contribution is 0.599. The minimum atomic E-state index is -4.13. The molecule has 12 nitrogen and oxygen atoms in total. The van der Waals surface area contributed by atoms with E-state index in [0.29, 0.717) is 22.8 Å². The van der Waals surface area contributed by atoms with E-state index in [2.05, 4.69) is 29.4 Å². The van der Waals surface area contributed by atoms with Crippen molar-refractivity contribution in [3.8, 4) is 11.4 Å². The normalized spacial score (nSPS) is 11.9. The summed E-state index contributed by atoms with van der Waals surface area (Å²) in [7, 11) is -8.25.